The van der Waals surface area contributed by atoms with E-state index >= 15 is 0 Å². The maximum atomic E-state index is 9.65. The number of halogens is 1. The highest BCUT2D eigenvalue weighted by Crippen LogP contribution is 2.35. The quantitative estimate of drug-likeness (QED) is 0.722. The molecule has 0 saturated heterocycles. The lowest BCUT2D eigenvalue weighted by molar-refractivity contribution is 0.466. The SMILES string of the molecule is Cc1c(C)c(C)c(Br)c(O)c1C. The minimum Gasteiger partial charge on any atom is -0.506 e. The first kappa shape index (κ1) is 9.59. The second-order valence-electron chi connectivity index (χ2n) is 3.16. The Kier molecular flexibility index (Phi) is 2.47. The molecule has 0 aliphatic rings. The number of benzene rings is 1. The molecular formula is C10H13BrO. The van der Waals surface area contributed by atoms with Gasteiger partial charge in [0, 0.05) is 0 Å². The van der Waals surface area contributed by atoms with Crippen molar-refractivity contribution in [3.63, 3.8) is 0 Å². The van der Waals surface area contributed by atoms with Crippen molar-refractivity contribution in [3.05, 3.63) is 26.7 Å². The summed E-state index contributed by atoms with van der Waals surface area (Å²) in [4.78, 5) is 0. The fourth-order valence-corrected chi connectivity index (χ4v) is 1.84. The van der Waals surface area contributed by atoms with Crippen LogP contribution < -0.4 is 0 Å². The van der Waals surface area contributed by atoms with Crippen molar-refractivity contribution in [2.24, 2.45) is 0 Å². The molecular weight excluding hydrogens is 216 g/mol. The highest BCUT2D eigenvalue weighted by molar-refractivity contribution is 9.10. The third kappa shape index (κ3) is 1.24. The van der Waals surface area contributed by atoms with E-state index < -0.39 is 0 Å². The van der Waals surface area contributed by atoms with Gasteiger partial charge in [-0.05, 0) is 65.9 Å². The van der Waals surface area contributed by atoms with Crippen LogP contribution in [0.1, 0.15) is 22.3 Å². The highest BCUT2D eigenvalue weighted by atomic mass is 79.9. The van der Waals surface area contributed by atoms with Gasteiger partial charge in [0.2, 0.25) is 0 Å². The zero-order chi connectivity index (χ0) is 9.46. The third-order valence-electron chi connectivity index (χ3n) is 2.58. The smallest absolute Gasteiger partial charge is 0.133 e. The lowest BCUT2D eigenvalue weighted by Crippen LogP contribution is -1.92. The summed E-state index contributed by atoms with van der Waals surface area (Å²) >= 11 is 3.36. The van der Waals surface area contributed by atoms with Crippen LogP contribution >= 0.6 is 15.9 Å². The molecule has 0 heterocycles. The molecule has 1 aromatic rings. The molecule has 0 atom stereocenters. The molecule has 0 radical (unpaired) electrons. The van der Waals surface area contributed by atoms with Crippen LogP contribution in [0.2, 0.25) is 0 Å². The third-order valence-corrected chi connectivity index (χ3v) is 3.55. The Morgan fingerprint density at radius 2 is 1.25 bits per heavy atom. The Labute approximate surface area is 81.6 Å². The minimum absolute atomic E-state index is 0.371. The molecule has 0 aliphatic heterocycles. The fraction of sp³-hybridized carbons (Fsp3) is 0.400. The first-order valence-corrected chi connectivity index (χ1v) is 4.71. The molecule has 2 heteroatoms. The molecule has 1 nitrogen and oxygen atoms in total. The maximum absolute atomic E-state index is 9.65. The largest absolute Gasteiger partial charge is 0.506 e. The average Bonchev–Trinajstić information content (AvgIpc) is 2.08. The van der Waals surface area contributed by atoms with E-state index in [-0.39, 0.29) is 0 Å². The van der Waals surface area contributed by atoms with Gasteiger partial charge in [0.1, 0.15) is 5.75 Å². The van der Waals surface area contributed by atoms with E-state index in [1.807, 2.05) is 20.8 Å². The summed E-state index contributed by atoms with van der Waals surface area (Å²) in [6.45, 7) is 8.04. The summed E-state index contributed by atoms with van der Waals surface area (Å²) in [6, 6.07) is 0. The van der Waals surface area contributed by atoms with Gasteiger partial charge in [0.15, 0.2) is 0 Å². The van der Waals surface area contributed by atoms with Gasteiger partial charge in [0.25, 0.3) is 0 Å². The van der Waals surface area contributed by atoms with Crippen LogP contribution in [0.3, 0.4) is 0 Å². The molecule has 0 amide bonds. The van der Waals surface area contributed by atoms with Crippen LogP contribution in [0.15, 0.2) is 4.47 Å². The number of aromatic hydroxyl groups is 1. The van der Waals surface area contributed by atoms with Crippen molar-refractivity contribution in [1.82, 2.24) is 0 Å². The molecule has 0 aromatic heterocycles. The minimum atomic E-state index is 0.371. The van der Waals surface area contributed by atoms with Gasteiger partial charge in [-0.1, -0.05) is 0 Å². The zero-order valence-electron chi connectivity index (χ0n) is 7.83. The maximum Gasteiger partial charge on any atom is 0.133 e. The number of phenolic OH excluding ortho intramolecular Hbond substituents is 1. The van der Waals surface area contributed by atoms with Crippen LogP contribution in [0.25, 0.3) is 0 Å². The summed E-state index contributed by atoms with van der Waals surface area (Å²) in [5, 5.41) is 9.65. The molecule has 66 valence electrons. The second kappa shape index (κ2) is 3.09. The van der Waals surface area contributed by atoms with E-state index in [1.165, 1.54) is 11.1 Å². The van der Waals surface area contributed by atoms with Gasteiger partial charge in [0.05, 0.1) is 4.47 Å². The molecule has 0 fully saturated rings. The van der Waals surface area contributed by atoms with Crippen LogP contribution in [0, 0.1) is 27.7 Å². The fourth-order valence-electron chi connectivity index (χ4n) is 1.25. The van der Waals surface area contributed by atoms with Crippen LogP contribution in [0.4, 0.5) is 0 Å². The highest BCUT2D eigenvalue weighted by Gasteiger charge is 2.11. The molecule has 0 bridgehead atoms. The number of hydrogen-bond donors (Lipinski definition) is 1. The summed E-state index contributed by atoms with van der Waals surface area (Å²) in [5.41, 5.74) is 4.51. The van der Waals surface area contributed by atoms with Crippen molar-refractivity contribution >= 4 is 15.9 Å². The Hall–Kier alpha value is -0.500. The Morgan fingerprint density at radius 3 is 1.75 bits per heavy atom. The first-order chi connectivity index (χ1) is 5.46. The van der Waals surface area contributed by atoms with Crippen molar-refractivity contribution in [1.29, 1.82) is 0 Å². The van der Waals surface area contributed by atoms with Gasteiger partial charge in [-0.2, -0.15) is 0 Å². The van der Waals surface area contributed by atoms with Gasteiger partial charge >= 0.3 is 0 Å². The summed E-state index contributed by atoms with van der Waals surface area (Å²) in [5.74, 6) is 0.371. The number of phenols is 1. The zero-order valence-corrected chi connectivity index (χ0v) is 9.41. The lowest BCUT2D eigenvalue weighted by Gasteiger charge is -2.12. The molecule has 0 aliphatic carbocycles. The van der Waals surface area contributed by atoms with Crippen molar-refractivity contribution in [3.8, 4) is 5.75 Å². The normalized spacial score (nSPS) is 10.4. The Balaban J connectivity index is 3.60. The topological polar surface area (TPSA) is 20.2 Å². The van der Waals surface area contributed by atoms with Gasteiger partial charge in [-0.25, -0.2) is 0 Å². The van der Waals surface area contributed by atoms with Gasteiger partial charge in [-0.3, -0.25) is 0 Å². The van der Waals surface area contributed by atoms with E-state index in [1.54, 1.807) is 0 Å². The van der Waals surface area contributed by atoms with Crippen LogP contribution in [0.5, 0.6) is 5.75 Å². The van der Waals surface area contributed by atoms with E-state index in [2.05, 4.69) is 22.9 Å². The number of rotatable bonds is 0. The van der Waals surface area contributed by atoms with E-state index in [0.717, 1.165) is 15.6 Å². The van der Waals surface area contributed by atoms with Crippen LogP contribution in [-0.4, -0.2) is 5.11 Å². The van der Waals surface area contributed by atoms with Crippen molar-refractivity contribution < 1.29 is 5.11 Å². The molecule has 0 spiro atoms. The summed E-state index contributed by atoms with van der Waals surface area (Å²) in [6.07, 6.45) is 0. The monoisotopic (exact) mass is 228 g/mol. The molecule has 1 N–H and O–H groups in total. The van der Waals surface area contributed by atoms with Gasteiger partial charge in [-0.15, -0.1) is 0 Å². The molecule has 0 saturated carbocycles. The first-order valence-electron chi connectivity index (χ1n) is 3.91. The van der Waals surface area contributed by atoms with Crippen LogP contribution in [-0.2, 0) is 0 Å². The predicted octanol–water partition coefficient (Wildman–Crippen LogP) is 3.39. The van der Waals surface area contributed by atoms with Gasteiger partial charge < -0.3 is 5.11 Å². The summed E-state index contributed by atoms with van der Waals surface area (Å²) < 4.78 is 0.822. The average molecular weight is 229 g/mol. The number of hydrogen-bond acceptors (Lipinski definition) is 1. The lowest BCUT2D eigenvalue weighted by atomic mass is 9.99. The van der Waals surface area contributed by atoms with Crippen molar-refractivity contribution in [2.45, 2.75) is 27.7 Å². The Morgan fingerprint density at radius 1 is 0.833 bits per heavy atom. The van der Waals surface area contributed by atoms with E-state index in [0.29, 0.717) is 5.75 Å². The molecule has 1 aromatic carbocycles. The molecule has 1 rings (SSSR count). The molecule has 0 unspecified atom stereocenters. The Bertz CT molecular complexity index is 224. The summed E-state index contributed by atoms with van der Waals surface area (Å²) in [7, 11) is 0. The van der Waals surface area contributed by atoms with E-state index in [4.69, 9.17) is 0 Å². The van der Waals surface area contributed by atoms with E-state index in [9.17, 15) is 5.11 Å². The predicted molar refractivity (Wildman–Crippen MR) is 54.8 cm³/mol. The second-order valence-corrected chi connectivity index (χ2v) is 3.96. The standard InChI is InChI=1S/C10H13BrO/c1-5-6(2)8(4)10(12)9(11)7(5)3/h12H,1-4H3. The van der Waals surface area contributed by atoms with Crippen molar-refractivity contribution in [2.75, 3.05) is 0 Å². The molecule has 12 heavy (non-hydrogen) atoms.